The molecule has 1 N–H and O–H groups in total. The summed E-state index contributed by atoms with van der Waals surface area (Å²) in [6.45, 7) is 6.71. The Bertz CT molecular complexity index is 538. The number of ether oxygens (including phenoxy) is 1. The number of carboxylic acid groups (broad SMARTS) is 1. The van der Waals surface area contributed by atoms with Gasteiger partial charge < -0.3 is 19.6 Å². The monoisotopic (exact) mass is 306 g/mol. The number of rotatable bonds is 3. The number of aromatic nitrogens is 2. The third-order valence-corrected chi connectivity index (χ3v) is 4.32. The Morgan fingerprint density at radius 2 is 1.86 bits per heavy atom. The fraction of sp³-hybridized carbons (Fsp3) is 0.667. The first kappa shape index (κ1) is 15.0. The van der Waals surface area contributed by atoms with Crippen molar-refractivity contribution in [2.75, 3.05) is 49.2 Å². The molecule has 2 fully saturated rings. The number of hydrogen-bond acceptors (Lipinski definition) is 6. The van der Waals surface area contributed by atoms with Crippen molar-refractivity contribution < 1.29 is 14.6 Å². The number of aromatic carboxylic acids is 1. The van der Waals surface area contributed by atoms with Crippen LogP contribution < -0.4 is 9.80 Å². The molecule has 1 aromatic heterocycles. The van der Waals surface area contributed by atoms with Gasteiger partial charge in [0.2, 0.25) is 5.95 Å². The van der Waals surface area contributed by atoms with E-state index in [-0.39, 0.29) is 5.69 Å². The van der Waals surface area contributed by atoms with Crippen molar-refractivity contribution in [2.45, 2.75) is 19.8 Å². The zero-order chi connectivity index (χ0) is 15.5. The zero-order valence-electron chi connectivity index (χ0n) is 12.9. The summed E-state index contributed by atoms with van der Waals surface area (Å²) in [7, 11) is 0. The second-order valence-electron chi connectivity index (χ2n) is 5.99. The summed E-state index contributed by atoms with van der Waals surface area (Å²) < 4.78 is 5.33. The average Bonchev–Trinajstić information content (AvgIpc) is 2.56. The predicted molar refractivity (Wildman–Crippen MR) is 82.6 cm³/mol. The van der Waals surface area contributed by atoms with Crippen molar-refractivity contribution in [2.24, 2.45) is 5.92 Å². The molecule has 22 heavy (non-hydrogen) atoms. The summed E-state index contributed by atoms with van der Waals surface area (Å²) in [5, 5.41) is 9.32. The van der Waals surface area contributed by atoms with Gasteiger partial charge >= 0.3 is 5.97 Å². The van der Waals surface area contributed by atoms with Crippen LogP contribution in [-0.2, 0) is 4.74 Å². The second-order valence-corrected chi connectivity index (χ2v) is 5.99. The summed E-state index contributed by atoms with van der Waals surface area (Å²) in [5.74, 6) is 0.928. The molecule has 0 radical (unpaired) electrons. The minimum atomic E-state index is -1.01. The molecule has 0 unspecified atom stereocenters. The molecule has 7 heteroatoms. The van der Waals surface area contributed by atoms with Gasteiger partial charge in [0.05, 0.1) is 13.2 Å². The molecule has 0 aliphatic carbocycles. The quantitative estimate of drug-likeness (QED) is 0.900. The molecule has 0 spiro atoms. The average molecular weight is 306 g/mol. The fourth-order valence-electron chi connectivity index (χ4n) is 2.84. The standard InChI is InChI=1S/C15H22N4O3/c1-11-2-4-18(5-3-11)13-10-12(14(20)21)16-15(17-13)19-6-8-22-9-7-19/h10-11H,2-9H2,1H3,(H,20,21). The highest BCUT2D eigenvalue weighted by molar-refractivity contribution is 5.86. The number of morpholine rings is 1. The lowest BCUT2D eigenvalue weighted by molar-refractivity contribution is 0.0690. The third kappa shape index (κ3) is 3.30. The van der Waals surface area contributed by atoms with Crippen LogP contribution in [0.4, 0.5) is 11.8 Å². The summed E-state index contributed by atoms with van der Waals surface area (Å²) in [6, 6.07) is 1.59. The van der Waals surface area contributed by atoms with Crippen molar-refractivity contribution in [3.8, 4) is 0 Å². The van der Waals surface area contributed by atoms with Crippen LogP contribution in [0.25, 0.3) is 0 Å². The fourth-order valence-corrected chi connectivity index (χ4v) is 2.84. The maximum absolute atomic E-state index is 11.4. The molecule has 2 saturated heterocycles. The van der Waals surface area contributed by atoms with E-state index < -0.39 is 5.97 Å². The van der Waals surface area contributed by atoms with Crippen LogP contribution in [0.2, 0.25) is 0 Å². The highest BCUT2D eigenvalue weighted by atomic mass is 16.5. The molecule has 0 saturated carbocycles. The van der Waals surface area contributed by atoms with Crippen LogP contribution in [0.5, 0.6) is 0 Å². The first-order chi connectivity index (χ1) is 10.6. The SMILES string of the molecule is CC1CCN(c2cc(C(=O)O)nc(N3CCOCC3)n2)CC1. The Kier molecular flexibility index (Phi) is 4.42. The van der Waals surface area contributed by atoms with Crippen LogP contribution in [0.15, 0.2) is 6.07 Å². The van der Waals surface area contributed by atoms with Crippen LogP contribution in [0.1, 0.15) is 30.3 Å². The molecule has 0 bridgehead atoms. The molecule has 0 atom stereocenters. The van der Waals surface area contributed by atoms with Gasteiger partial charge in [-0.3, -0.25) is 0 Å². The van der Waals surface area contributed by atoms with Gasteiger partial charge in [-0.15, -0.1) is 0 Å². The Morgan fingerprint density at radius 1 is 1.18 bits per heavy atom. The Morgan fingerprint density at radius 3 is 2.50 bits per heavy atom. The summed E-state index contributed by atoms with van der Waals surface area (Å²) in [6.07, 6.45) is 2.22. The van der Waals surface area contributed by atoms with Crippen molar-refractivity contribution in [1.82, 2.24) is 9.97 Å². The van der Waals surface area contributed by atoms with Crippen molar-refractivity contribution in [3.05, 3.63) is 11.8 Å². The molecule has 7 nitrogen and oxygen atoms in total. The molecule has 2 aliphatic heterocycles. The van der Waals surface area contributed by atoms with Gasteiger partial charge in [0.1, 0.15) is 5.82 Å². The minimum absolute atomic E-state index is 0.0603. The molecule has 1 aromatic rings. The summed E-state index contributed by atoms with van der Waals surface area (Å²) in [4.78, 5) is 24.3. The Labute approximate surface area is 129 Å². The van der Waals surface area contributed by atoms with Gasteiger partial charge in [-0.05, 0) is 18.8 Å². The number of piperidine rings is 1. The second kappa shape index (κ2) is 6.48. The summed E-state index contributed by atoms with van der Waals surface area (Å²) >= 11 is 0. The lowest BCUT2D eigenvalue weighted by atomic mass is 9.99. The van der Waals surface area contributed by atoms with Gasteiger partial charge in [-0.2, -0.15) is 4.98 Å². The van der Waals surface area contributed by atoms with Gasteiger partial charge in [-0.25, -0.2) is 9.78 Å². The lowest BCUT2D eigenvalue weighted by Crippen LogP contribution is -2.38. The molecule has 0 aromatic carbocycles. The smallest absolute Gasteiger partial charge is 0.354 e. The number of anilines is 2. The van der Waals surface area contributed by atoms with E-state index in [1.807, 2.05) is 4.90 Å². The topological polar surface area (TPSA) is 78.8 Å². The van der Waals surface area contributed by atoms with E-state index in [1.165, 1.54) is 0 Å². The summed E-state index contributed by atoms with van der Waals surface area (Å²) in [5.41, 5.74) is 0.0603. The predicted octanol–water partition coefficient (Wildman–Crippen LogP) is 1.25. The third-order valence-electron chi connectivity index (χ3n) is 4.32. The van der Waals surface area contributed by atoms with E-state index in [9.17, 15) is 9.90 Å². The minimum Gasteiger partial charge on any atom is -0.477 e. The largest absolute Gasteiger partial charge is 0.477 e. The lowest BCUT2D eigenvalue weighted by Gasteiger charge is -2.32. The van der Waals surface area contributed by atoms with Crippen LogP contribution in [-0.4, -0.2) is 60.4 Å². The molecule has 3 heterocycles. The van der Waals surface area contributed by atoms with Crippen LogP contribution >= 0.6 is 0 Å². The number of nitrogens with zero attached hydrogens (tertiary/aromatic N) is 4. The van der Waals surface area contributed by atoms with E-state index >= 15 is 0 Å². The number of hydrogen-bond donors (Lipinski definition) is 1. The number of carbonyl (C=O) groups is 1. The van der Waals surface area contributed by atoms with Crippen molar-refractivity contribution in [3.63, 3.8) is 0 Å². The van der Waals surface area contributed by atoms with Gasteiger partial charge in [-0.1, -0.05) is 6.92 Å². The molecule has 0 amide bonds. The maximum Gasteiger partial charge on any atom is 0.354 e. The van der Waals surface area contributed by atoms with E-state index in [4.69, 9.17) is 4.74 Å². The highest BCUT2D eigenvalue weighted by Gasteiger charge is 2.22. The van der Waals surface area contributed by atoms with Gasteiger partial charge in [0.25, 0.3) is 0 Å². The normalized spacial score (nSPS) is 20.2. The van der Waals surface area contributed by atoms with E-state index in [0.29, 0.717) is 32.3 Å². The number of carboxylic acids is 1. The maximum atomic E-state index is 11.4. The highest BCUT2D eigenvalue weighted by Crippen LogP contribution is 2.24. The van der Waals surface area contributed by atoms with E-state index in [2.05, 4.69) is 21.8 Å². The van der Waals surface area contributed by atoms with E-state index in [1.54, 1.807) is 6.07 Å². The van der Waals surface area contributed by atoms with Crippen molar-refractivity contribution in [1.29, 1.82) is 0 Å². The first-order valence-electron chi connectivity index (χ1n) is 7.83. The van der Waals surface area contributed by atoms with Crippen molar-refractivity contribution >= 4 is 17.7 Å². The Balaban J connectivity index is 1.88. The molecular weight excluding hydrogens is 284 g/mol. The molecular formula is C15H22N4O3. The van der Waals surface area contributed by atoms with Gasteiger partial charge in [0, 0.05) is 32.2 Å². The molecule has 2 aliphatic rings. The zero-order valence-corrected chi connectivity index (χ0v) is 12.9. The first-order valence-corrected chi connectivity index (χ1v) is 7.83. The van der Waals surface area contributed by atoms with Crippen LogP contribution in [0, 0.1) is 5.92 Å². The molecule has 120 valence electrons. The van der Waals surface area contributed by atoms with Gasteiger partial charge in [0.15, 0.2) is 5.69 Å². The molecule has 3 rings (SSSR count). The Hall–Kier alpha value is -1.89. The van der Waals surface area contributed by atoms with E-state index in [0.717, 1.165) is 37.7 Å². The van der Waals surface area contributed by atoms with Crippen LogP contribution in [0.3, 0.4) is 0 Å².